The highest BCUT2D eigenvalue weighted by Crippen LogP contribution is 2.25. The van der Waals surface area contributed by atoms with Crippen LogP contribution in [0.1, 0.15) is 15.9 Å². The number of amides is 1. The fourth-order valence-electron chi connectivity index (χ4n) is 2.55. The van der Waals surface area contributed by atoms with E-state index < -0.39 is 5.56 Å². The molecule has 1 heterocycles. The number of benzene rings is 2. The van der Waals surface area contributed by atoms with Crippen molar-refractivity contribution in [2.24, 2.45) is 0 Å². The maximum atomic E-state index is 12.1. The molecule has 2 unspecified atom stereocenters. The number of Topliss-reactive ketones (excluding diaryl/α,β-unsaturated/α-hetero) is 1. The van der Waals surface area contributed by atoms with Gasteiger partial charge in [-0.05, 0) is 48.4 Å². The molecular weight excluding hydrogens is 354 g/mol. The van der Waals surface area contributed by atoms with Gasteiger partial charge in [-0.1, -0.05) is 23.9 Å². The summed E-state index contributed by atoms with van der Waals surface area (Å²) in [5.41, 5.74) is 0.685. The van der Waals surface area contributed by atoms with Gasteiger partial charge in [0.2, 0.25) is 5.91 Å². The molecular formula is C19H19NO5S. The Morgan fingerprint density at radius 3 is 2.35 bits per heavy atom. The van der Waals surface area contributed by atoms with Crippen molar-refractivity contribution in [3.05, 3.63) is 59.7 Å². The second-order valence-electron chi connectivity index (χ2n) is 5.77. The van der Waals surface area contributed by atoms with Crippen LogP contribution in [0, 0.1) is 0 Å². The number of aliphatic hydroxyl groups excluding tert-OH is 1. The molecule has 6 nitrogen and oxygen atoms in total. The predicted octanol–water partition coefficient (Wildman–Crippen LogP) is 2.01. The first-order valence-electron chi connectivity index (χ1n) is 8.08. The Morgan fingerprint density at radius 2 is 1.77 bits per heavy atom. The van der Waals surface area contributed by atoms with Gasteiger partial charge in [-0.3, -0.25) is 9.59 Å². The van der Waals surface area contributed by atoms with Crippen molar-refractivity contribution in [1.29, 1.82) is 0 Å². The molecule has 1 amide bonds. The van der Waals surface area contributed by atoms with E-state index in [0.29, 0.717) is 23.5 Å². The van der Waals surface area contributed by atoms with Crippen LogP contribution in [0.2, 0.25) is 0 Å². The molecule has 2 N–H and O–H groups in total. The van der Waals surface area contributed by atoms with Crippen LogP contribution in [0.5, 0.6) is 11.5 Å². The summed E-state index contributed by atoms with van der Waals surface area (Å²) >= 11 is 1.20. The van der Waals surface area contributed by atoms with Gasteiger partial charge in [0, 0.05) is 5.56 Å². The molecule has 2 aromatic rings. The van der Waals surface area contributed by atoms with Crippen LogP contribution in [-0.2, 0) is 11.2 Å². The third kappa shape index (κ3) is 4.56. The average molecular weight is 373 g/mol. The number of carbonyl (C=O) groups excluding carboxylic acids is 2. The largest absolute Gasteiger partial charge is 0.497 e. The molecule has 7 heteroatoms. The highest BCUT2D eigenvalue weighted by Gasteiger charge is 2.31. The maximum Gasteiger partial charge on any atom is 0.236 e. The zero-order valence-electron chi connectivity index (χ0n) is 14.2. The molecule has 3 rings (SSSR count). The van der Waals surface area contributed by atoms with Gasteiger partial charge in [0.15, 0.2) is 18.0 Å². The first-order valence-corrected chi connectivity index (χ1v) is 9.02. The molecule has 1 fully saturated rings. The lowest BCUT2D eigenvalue weighted by Gasteiger charge is -2.09. The minimum absolute atomic E-state index is 0.0568. The Labute approximate surface area is 155 Å². The normalized spacial score (nSPS) is 19.1. The molecule has 0 spiro atoms. The second-order valence-corrected chi connectivity index (χ2v) is 7.06. The molecule has 2 atom stereocenters. The van der Waals surface area contributed by atoms with Gasteiger partial charge in [-0.25, -0.2) is 0 Å². The fourth-order valence-corrected chi connectivity index (χ4v) is 3.53. The van der Waals surface area contributed by atoms with Gasteiger partial charge >= 0.3 is 0 Å². The van der Waals surface area contributed by atoms with Gasteiger partial charge in [0.1, 0.15) is 11.5 Å². The highest BCUT2D eigenvalue weighted by molar-refractivity contribution is 8.01. The van der Waals surface area contributed by atoms with E-state index >= 15 is 0 Å². The van der Waals surface area contributed by atoms with Gasteiger partial charge in [-0.15, -0.1) is 0 Å². The summed E-state index contributed by atoms with van der Waals surface area (Å²) in [5.74, 6) is 0.997. The van der Waals surface area contributed by atoms with Crippen molar-refractivity contribution in [3.8, 4) is 11.5 Å². The van der Waals surface area contributed by atoms with Gasteiger partial charge in [0.25, 0.3) is 0 Å². The van der Waals surface area contributed by atoms with Gasteiger partial charge in [0.05, 0.1) is 12.4 Å². The lowest BCUT2D eigenvalue weighted by molar-refractivity contribution is -0.121. The van der Waals surface area contributed by atoms with E-state index in [1.165, 1.54) is 11.8 Å². The Bertz CT molecular complexity index is 776. The molecule has 1 aliphatic rings. The summed E-state index contributed by atoms with van der Waals surface area (Å²) in [7, 11) is 1.57. The third-order valence-corrected chi connectivity index (χ3v) is 5.06. The molecule has 0 saturated carbocycles. The number of hydrogen-bond acceptors (Lipinski definition) is 6. The van der Waals surface area contributed by atoms with Crippen LogP contribution < -0.4 is 14.8 Å². The minimum atomic E-state index is -0.834. The standard InChI is InChI=1S/C19H19NO5S/c1-24-14-8-4-13(5-9-14)16(21)11-25-15-6-2-12(3-7-15)10-17-18(22)20-19(23)26-17/h2-9,17,19,23H,10-11H2,1H3,(H,20,22). The lowest BCUT2D eigenvalue weighted by atomic mass is 10.1. The Kier molecular flexibility index (Phi) is 5.80. The van der Waals surface area contributed by atoms with Crippen molar-refractivity contribution in [2.75, 3.05) is 13.7 Å². The molecule has 0 aromatic heterocycles. The van der Waals surface area contributed by atoms with Crippen molar-refractivity contribution in [2.45, 2.75) is 17.2 Å². The van der Waals surface area contributed by atoms with E-state index in [9.17, 15) is 14.7 Å². The Morgan fingerprint density at radius 1 is 1.12 bits per heavy atom. The van der Waals surface area contributed by atoms with Crippen LogP contribution in [0.15, 0.2) is 48.5 Å². The van der Waals surface area contributed by atoms with E-state index in [4.69, 9.17) is 9.47 Å². The summed E-state index contributed by atoms with van der Waals surface area (Å²) in [6, 6.07) is 14.1. The second kappa shape index (κ2) is 8.25. The molecule has 136 valence electrons. The summed E-state index contributed by atoms with van der Waals surface area (Å²) in [6.45, 7) is -0.0568. The fraction of sp³-hybridized carbons (Fsp3) is 0.263. The molecule has 26 heavy (non-hydrogen) atoms. The van der Waals surface area contributed by atoms with Crippen molar-refractivity contribution in [1.82, 2.24) is 5.32 Å². The monoisotopic (exact) mass is 373 g/mol. The summed E-state index contributed by atoms with van der Waals surface area (Å²) in [6.07, 6.45) is 0.526. The summed E-state index contributed by atoms with van der Waals surface area (Å²) < 4.78 is 10.6. The molecule has 2 aromatic carbocycles. The van der Waals surface area contributed by atoms with Crippen LogP contribution in [0.3, 0.4) is 0 Å². The number of ketones is 1. The number of rotatable bonds is 7. The molecule has 0 radical (unpaired) electrons. The smallest absolute Gasteiger partial charge is 0.236 e. The quantitative estimate of drug-likeness (QED) is 0.722. The Balaban J connectivity index is 1.52. The number of ether oxygens (including phenoxy) is 2. The number of aliphatic hydroxyl groups is 1. The molecule has 0 bridgehead atoms. The number of nitrogens with one attached hydrogen (secondary N) is 1. The highest BCUT2D eigenvalue weighted by atomic mass is 32.2. The summed E-state index contributed by atoms with van der Waals surface area (Å²) in [5, 5.41) is 11.6. The van der Waals surface area contributed by atoms with Crippen LogP contribution in [0.25, 0.3) is 0 Å². The van der Waals surface area contributed by atoms with Crippen LogP contribution >= 0.6 is 11.8 Å². The van der Waals surface area contributed by atoms with E-state index in [2.05, 4.69) is 5.32 Å². The SMILES string of the molecule is COc1ccc(C(=O)COc2ccc(CC3SC(O)NC3=O)cc2)cc1. The zero-order valence-corrected chi connectivity index (χ0v) is 15.0. The van der Waals surface area contributed by atoms with Crippen molar-refractivity contribution in [3.63, 3.8) is 0 Å². The van der Waals surface area contributed by atoms with E-state index in [1.54, 1.807) is 43.5 Å². The number of thioether (sulfide) groups is 1. The first kappa shape index (κ1) is 18.3. The van der Waals surface area contributed by atoms with E-state index in [-0.39, 0.29) is 23.5 Å². The van der Waals surface area contributed by atoms with Gasteiger partial charge < -0.3 is 19.9 Å². The van der Waals surface area contributed by atoms with E-state index in [1.807, 2.05) is 12.1 Å². The number of methoxy groups -OCH3 is 1. The topological polar surface area (TPSA) is 84.9 Å². The van der Waals surface area contributed by atoms with Gasteiger partial charge in [-0.2, -0.15) is 0 Å². The van der Waals surface area contributed by atoms with Crippen LogP contribution in [-0.4, -0.2) is 41.3 Å². The van der Waals surface area contributed by atoms with Crippen molar-refractivity contribution >= 4 is 23.5 Å². The summed E-state index contributed by atoms with van der Waals surface area (Å²) in [4.78, 5) is 23.8. The minimum Gasteiger partial charge on any atom is -0.497 e. The third-order valence-electron chi connectivity index (χ3n) is 3.98. The Hall–Kier alpha value is -2.51. The molecule has 1 saturated heterocycles. The molecule has 1 aliphatic heterocycles. The lowest BCUT2D eigenvalue weighted by Crippen LogP contribution is -2.27. The predicted molar refractivity (Wildman–Crippen MR) is 98.5 cm³/mol. The van der Waals surface area contributed by atoms with E-state index in [0.717, 1.165) is 5.56 Å². The van der Waals surface area contributed by atoms with Crippen LogP contribution in [0.4, 0.5) is 0 Å². The first-order chi connectivity index (χ1) is 12.5. The van der Waals surface area contributed by atoms with Crippen molar-refractivity contribution < 1.29 is 24.2 Å². The average Bonchev–Trinajstić information content (AvgIpc) is 2.98. The maximum absolute atomic E-state index is 12.1. The number of carbonyl (C=O) groups is 2. The molecule has 0 aliphatic carbocycles. The number of hydrogen-bond donors (Lipinski definition) is 2. The zero-order chi connectivity index (χ0) is 18.5.